The summed E-state index contributed by atoms with van der Waals surface area (Å²) in [6.45, 7) is 0. The number of aliphatic hydroxyl groups excluding tert-OH is 1. The Hall–Kier alpha value is -2.34. The lowest BCUT2D eigenvalue weighted by atomic mass is 10.0. The monoisotopic (exact) mass is 321 g/mol. The summed E-state index contributed by atoms with van der Waals surface area (Å²) in [5.74, 6) is -0.848. The summed E-state index contributed by atoms with van der Waals surface area (Å²) in [6.07, 6.45) is -5.10. The van der Waals surface area contributed by atoms with Gasteiger partial charge in [-0.3, -0.25) is 4.79 Å². The minimum atomic E-state index is -4.61. The normalized spacial score (nSPS) is 20.2. The average molecular weight is 321 g/mol. The van der Waals surface area contributed by atoms with E-state index in [1.54, 1.807) is 12.1 Å². The molecule has 0 aliphatic heterocycles. The molecule has 2 atom stereocenters. The van der Waals surface area contributed by atoms with E-state index in [1.165, 1.54) is 12.1 Å². The van der Waals surface area contributed by atoms with Gasteiger partial charge in [0.05, 0.1) is 23.3 Å². The summed E-state index contributed by atoms with van der Waals surface area (Å²) in [6, 6.07) is 11.1. The maximum absolute atomic E-state index is 13.0. The zero-order valence-electron chi connectivity index (χ0n) is 12.0. The molecule has 2 aromatic carbocycles. The first-order valence-corrected chi connectivity index (χ1v) is 7.11. The summed E-state index contributed by atoms with van der Waals surface area (Å²) in [4.78, 5) is 12.3. The second-order valence-electron chi connectivity index (χ2n) is 5.46. The zero-order valence-corrected chi connectivity index (χ0v) is 12.0. The van der Waals surface area contributed by atoms with Crippen molar-refractivity contribution in [3.63, 3.8) is 0 Å². The third-order valence-corrected chi connectivity index (χ3v) is 3.97. The van der Waals surface area contributed by atoms with Gasteiger partial charge in [-0.2, -0.15) is 13.2 Å². The molecule has 0 bridgehead atoms. The fraction of sp³-hybridized carbons (Fsp3) is 0.235. The molecule has 0 radical (unpaired) electrons. The molecule has 23 heavy (non-hydrogen) atoms. The van der Waals surface area contributed by atoms with Crippen molar-refractivity contribution in [3.05, 3.63) is 70.8 Å². The molecule has 0 saturated heterocycles. The molecule has 3 rings (SSSR count). The standard InChI is InChI=1S/C17H14F3NO2/c18-17(19,20)13-8-4-3-7-12(13)16(23)21-15-11-6-2-1-5-10(11)9-14(15)22/h1-8,14-15,22H,9H2,(H,21,23). The Morgan fingerprint density at radius 3 is 2.48 bits per heavy atom. The Kier molecular flexibility index (Phi) is 3.85. The molecule has 6 heteroatoms. The van der Waals surface area contributed by atoms with Gasteiger partial charge in [0.15, 0.2) is 0 Å². The van der Waals surface area contributed by atoms with Crippen LogP contribution in [-0.4, -0.2) is 17.1 Å². The fourth-order valence-electron chi connectivity index (χ4n) is 2.90. The van der Waals surface area contributed by atoms with Crippen molar-refractivity contribution in [3.8, 4) is 0 Å². The first-order chi connectivity index (χ1) is 10.9. The predicted molar refractivity (Wildman–Crippen MR) is 77.8 cm³/mol. The third-order valence-electron chi connectivity index (χ3n) is 3.97. The van der Waals surface area contributed by atoms with E-state index in [9.17, 15) is 23.1 Å². The van der Waals surface area contributed by atoms with Gasteiger partial charge in [-0.15, -0.1) is 0 Å². The van der Waals surface area contributed by atoms with Crippen molar-refractivity contribution in [2.45, 2.75) is 24.7 Å². The summed E-state index contributed by atoms with van der Waals surface area (Å²) >= 11 is 0. The Labute approximate surface area is 130 Å². The summed E-state index contributed by atoms with van der Waals surface area (Å²) < 4.78 is 39.0. The number of fused-ring (bicyclic) bond motifs is 1. The van der Waals surface area contributed by atoms with E-state index in [2.05, 4.69) is 5.32 Å². The number of hydrogen-bond donors (Lipinski definition) is 2. The van der Waals surface area contributed by atoms with Gasteiger partial charge in [0.1, 0.15) is 0 Å². The molecule has 2 N–H and O–H groups in total. The second-order valence-corrected chi connectivity index (χ2v) is 5.46. The van der Waals surface area contributed by atoms with Gasteiger partial charge in [0, 0.05) is 6.42 Å². The molecule has 1 amide bonds. The number of amides is 1. The molecule has 0 saturated carbocycles. The van der Waals surface area contributed by atoms with Gasteiger partial charge in [-0.25, -0.2) is 0 Å². The lowest BCUT2D eigenvalue weighted by molar-refractivity contribution is -0.137. The Morgan fingerprint density at radius 1 is 1.09 bits per heavy atom. The number of alkyl halides is 3. The van der Waals surface area contributed by atoms with E-state index in [0.29, 0.717) is 6.42 Å². The van der Waals surface area contributed by atoms with Gasteiger partial charge >= 0.3 is 6.18 Å². The number of hydrogen-bond acceptors (Lipinski definition) is 2. The number of benzene rings is 2. The van der Waals surface area contributed by atoms with E-state index in [4.69, 9.17) is 0 Å². The molecule has 3 nitrogen and oxygen atoms in total. The molecule has 2 aromatic rings. The molecule has 0 spiro atoms. The highest BCUT2D eigenvalue weighted by molar-refractivity contribution is 5.96. The lowest BCUT2D eigenvalue weighted by Crippen LogP contribution is -2.34. The predicted octanol–water partition coefficient (Wildman–Crippen LogP) is 3.09. The van der Waals surface area contributed by atoms with E-state index in [1.807, 2.05) is 12.1 Å². The summed E-state index contributed by atoms with van der Waals surface area (Å²) in [5, 5.41) is 12.6. The number of rotatable bonds is 2. The molecule has 2 unspecified atom stereocenters. The molecule has 0 fully saturated rings. The van der Waals surface area contributed by atoms with Crippen molar-refractivity contribution in [2.75, 3.05) is 0 Å². The molecule has 120 valence electrons. The largest absolute Gasteiger partial charge is 0.417 e. The maximum atomic E-state index is 13.0. The molecular weight excluding hydrogens is 307 g/mol. The fourth-order valence-corrected chi connectivity index (χ4v) is 2.90. The van der Waals surface area contributed by atoms with Crippen molar-refractivity contribution >= 4 is 5.91 Å². The maximum Gasteiger partial charge on any atom is 0.417 e. The van der Waals surface area contributed by atoms with Crippen LogP contribution < -0.4 is 5.32 Å². The van der Waals surface area contributed by atoms with Gasteiger partial charge < -0.3 is 10.4 Å². The molecule has 0 aromatic heterocycles. The highest BCUT2D eigenvalue weighted by Crippen LogP contribution is 2.34. The van der Waals surface area contributed by atoms with Crippen LogP contribution in [0.3, 0.4) is 0 Å². The number of aliphatic hydroxyl groups is 1. The Bertz CT molecular complexity index is 743. The summed E-state index contributed by atoms with van der Waals surface area (Å²) in [5.41, 5.74) is 0.182. The second kappa shape index (κ2) is 5.70. The number of nitrogens with one attached hydrogen (secondary N) is 1. The SMILES string of the molecule is O=C(NC1c2ccccc2CC1O)c1ccccc1C(F)(F)F. The first kappa shape index (κ1) is 15.6. The molecule has 1 aliphatic carbocycles. The van der Waals surface area contributed by atoms with Crippen molar-refractivity contribution in [2.24, 2.45) is 0 Å². The zero-order chi connectivity index (χ0) is 16.6. The van der Waals surface area contributed by atoms with Gasteiger partial charge in [0.25, 0.3) is 5.91 Å². The minimum Gasteiger partial charge on any atom is -0.390 e. The van der Waals surface area contributed by atoms with Crippen LogP contribution in [0.4, 0.5) is 13.2 Å². The molecule has 1 aliphatic rings. The third kappa shape index (κ3) is 2.94. The number of carbonyl (C=O) groups excluding carboxylic acids is 1. The topological polar surface area (TPSA) is 49.3 Å². The Morgan fingerprint density at radius 2 is 1.74 bits per heavy atom. The average Bonchev–Trinajstić information content (AvgIpc) is 2.82. The Balaban J connectivity index is 1.89. The quantitative estimate of drug-likeness (QED) is 0.893. The van der Waals surface area contributed by atoms with Crippen LogP contribution in [0.1, 0.15) is 33.1 Å². The van der Waals surface area contributed by atoms with Crippen LogP contribution >= 0.6 is 0 Å². The number of carbonyl (C=O) groups is 1. The molecule has 0 heterocycles. The van der Waals surface area contributed by atoms with E-state index in [-0.39, 0.29) is 0 Å². The van der Waals surface area contributed by atoms with Crippen molar-refractivity contribution in [1.29, 1.82) is 0 Å². The van der Waals surface area contributed by atoms with E-state index in [0.717, 1.165) is 23.3 Å². The van der Waals surface area contributed by atoms with Crippen LogP contribution in [0.5, 0.6) is 0 Å². The van der Waals surface area contributed by atoms with E-state index >= 15 is 0 Å². The van der Waals surface area contributed by atoms with Gasteiger partial charge in [-0.05, 0) is 23.3 Å². The minimum absolute atomic E-state index is 0.363. The van der Waals surface area contributed by atoms with Crippen LogP contribution in [-0.2, 0) is 12.6 Å². The molecular formula is C17H14F3NO2. The highest BCUT2D eigenvalue weighted by Gasteiger charge is 2.37. The highest BCUT2D eigenvalue weighted by atomic mass is 19.4. The first-order valence-electron chi connectivity index (χ1n) is 7.11. The summed E-state index contributed by atoms with van der Waals surface area (Å²) in [7, 11) is 0. The van der Waals surface area contributed by atoms with Crippen LogP contribution in [0, 0.1) is 0 Å². The van der Waals surface area contributed by atoms with Crippen LogP contribution in [0.2, 0.25) is 0 Å². The lowest BCUT2D eigenvalue weighted by Gasteiger charge is -2.19. The van der Waals surface area contributed by atoms with Crippen LogP contribution in [0.25, 0.3) is 0 Å². The smallest absolute Gasteiger partial charge is 0.390 e. The van der Waals surface area contributed by atoms with E-state index < -0.39 is 35.4 Å². The van der Waals surface area contributed by atoms with Crippen molar-refractivity contribution in [1.82, 2.24) is 5.32 Å². The van der Waals surface area contributed by atoms with Crippen molar-refractivity contribution < 1.29 is 23.1 Å². The van der Waals surface area contributed by atoms with Gasteiger partial charge in [-0.1, -0.05) is 36.4 Å². The van der Waals surface area contributed by atoms with Gasteiger partial charge in [0.2, 0.25) is 0 Å². The van der Waals surface area contributed by atoms with Crippen LogP contribution in [0.15, 0.2) is 48.5 Å². The number of halogens is 3.